The Bertz CT molecular complexity index is 185. The molecule has 0 aromatic rings. The zero-order chi connectivity index (χ0) is 12.6. The SMILES string of the molecule is CC(CNC1CCCCC1)OCC1CCCCC1. The molecule has 1 N–H and O–H groups in total. The molecule has 0 saturated heterocycles. The molecule has 2 aliphatic carbocycles. The summed E-state index contributed by atoms with van der Waals surface area (Å²) in [6, 6.07) is 0.763. The Morgan fingerprint density at radius 3 is 2.22 bits per heavy atom. The summed E-state index contributed by atoms with van der Waals surface area (Å²) in [5.74, 6) is 0.843. The van der Waals surface area contributed by atoms with Crippen molar-refractivity contribution in [2.24, 2.45) is 5.92 Å². The van der Waals surface area contributed by atoms with E-state index in [1.54, 1.807) is 0 Å². The number of hydrogen-bond acceptors (Lipinski definition) is 2. The quantitative estimate of drug-likeness (QED) is 0.775. The molecule has 18 heavy (non-hydrogen) atoms. The molecule has 0 aromatic heterocycles. The van der Waals surface area contributed by atoms with Crippen molar-refractivity contribution in [3.05, 3.63) is 0 Å². The van der Waals surface area contributed by atoms with E-state index in [9.17, 15) is 0 Å². The Labute approximate surface area is 113 Å². The predicted molar refractivity (Wildman–Crippen MR) is 76.9 cm³/mol. The molecule has 2 heteroatoms. The van der Waals surface area contributed by atoms with Crippen molar-refractivity contribution in [1.29, 1.82) is 0 Å². The Morgan fingerprint density at radius 2 is 1.56 bits per heavy atom. The number of rotatable bonds is 6. The van der Waals surface area contributed by atoms with Crippen LogP contribution in [0.5, 0.6) is 0 Å². The van der Waals surface area contributed by atoms with Crippen molar-refractivity contribution in [1.82, 2.24) is 5.32 Å². The minimum absolute atomic E-state index is 0.383. The zero-order valence-electron chi connectivity index (χ0n) is 12.1. The first-order valence-corrected chi connectivity index (χ1v) is 8.19. The lowest BCUT2D eigenvalue weighted by Gasteiger charge is -2.26. The minimum atomic E-state index is 0.383. The van der Waals surface area contributed by atoms with Crippen molar-refractivity contribution in [3.8, 4) is 0 Å². The molecule has 2 nitrogen and oxygen atoms in total. The Balaban J connectivity index is 1.52. The third-order valence-electron chi connectivity index (χ3n) is 4.64. The van der Waals surface area contributed by atoms with Gasteiger partial charge in [-0.1, -0.05) is 38.5 Å². The summed E-state index contributed by atoms with van der Waals surface area (Å²) < 4.78 is 6.01. The van der Waals surface area contributed by atoms with Gasteiger partial charge in [0.25, 0.3) is 0 Å². The third-order valence-corrected chi connectivity index (χ3v) is 4.64. The average molecular weight is 253 g/mol. The maximum atomic E-state index is 6.01. The molecule has 1 unspecified atom stereocenters. The van der Waals surface area contributed by atoms with Gasteiger partial charge in [0.2, 0.25) is 0 Å². The largest absolute Gasteiger partial charge is 0.377 e. The van der Waals surface area contributed by atoms with E-state index in [0.717, 1.165) is 25.1 Å². The van der Waals surface area contributed by atoms with Gasteiger partial charge in [0.05, 0.1) is 6.10 Å². The molecule has 0 spiro atoms. The fourth-order valence-corrected chi connectivity index (χ4v) is 3.35. The summed E-state index contributed by atoms with van der Waals surface area (Å²) in [5.41, 5.74) is 0. The van der Waals surface area contributed by atoms with E-state index in [1.165, 1.54) is 64.2 Å². The van der Waals surface area contributed by atoms with E-state index in [0.29, 0.717) is 6.10 Å². The van der Waals surface area contributed by atoms with Crippen molar-refractivity contribution < 1.29 is 4.74 Å². The van der Waals surface area contributed by atoms with Crippen LogP contribution in [-0.4, -0.2) is 25.3 Å². The Hall–Kier alpha value is -0.0800. The normalized spacial score (nSPS) is 25.2. The lowest BCUT2D eigenvalue weighted by molar-refractivity contribution is 0.0294. The van der Waals surface area contributed by atoms with Crippen LogP contribution in [0.25, 0.3) is 0 Å². The van der Waals surface area contributed by atoms with E-state index in [1.807, 2.05) is 0 Å². The Kier molecular flexibility index (Phi) is 6.50. The van der Waals surface area contributed by atoms with Crippen LogP contribution in [0.1, 0.15) is 71.1 Å². The molecule has 2 rings (SSSR count). The molecule has 0 bridgehead atoms. The van der Waals surface area contributed by atoms with E-state index in [-0.39, 0.29) is 0 Å². The predicted octanol–water partition coefficient (Wildman–Crippen LogP) is 3.89. The van der Waals surface area contributed by atoms with E-state index >= 15 is 0 Å². The summed E-state index contributed by atoms with van der Waals surface area (Å²) in [7, 11) is 0. The smallest absolute Gasteiger partial charge is 0.0671 e. The summed E-state index contributed by atoms with van der Waals surface area (Å²) in [6.45, 7) is 4.25. The van der Waals surface area contributed by atoms with Gasteiger partial charge in [-0.25, -0.2) is 0 Å². The number of nitrogens with one attached hydrogen (secondary N) is 1. The molecular formula is C16H31NO. The molecule has 0 radical (unpaired) electrons. The molecule has 106 valence electrons. The monoisotopic (exact) mass is 253 g/mol. The first kappa shape index (κ1) is 14.3. The highest BCUT2D eigenvalue weighted by atomic mass is 16.5. The van der Waals surface area contributed by atoms with Gasteiger partial charge in [-0.2, -0.15) is 0 Å². The van der Waals surface area contributed by atoms with Crippen LogP contribution >= 0.6 is 0 Å². The highest BCUT2D eigenvalue weighted by Gasteiger charge is 2.16. The topological polar surface area (TPSA) is 21.3 Å². The summed E-state index contributed by atoms with van der Waals surface area (Å²) in [6.07, 6.45) is 14.4. The van der Waals surface area contributed by atoms with Gasteiger partial charge in [0, 0.05) is 19.2 Å². The van der Waals surface area contributed by atoms with Crippen molar-refractivity contribution in [3.63, 3.8) is 0 Å². The average Bonchev–Trinajstić information content (AvgIpc) is 2.45. The highest BCUT2D eigenvalue weighted by molar-refractivity contribution is 4.73. The van der Waals surface area contributed by atoms with Crippen LogP contribution in [0.3, 0.4) is 0 Å². The van der Waals surface area contributed by atoms with Crippen LogP contribution in [-0.2, 0) is 4.74 Å². The van der Waals surface area contributed by atoms with Gasteiger partial charge in [-0.15, -0.1) is 0 Å². The van der Waals surface area contributed by atoms with Crippen LogP contribution < -0.4 is 5.32 Å². The maximum absolute atomic E-state index is 6.01. The molecular weight excluding hydrogens is 222 g/mol. The molecule has 0 amide bonds. The molecule has 2 saturated carbocycles. The van der Waals surface area contributed by atoms with Gasteiger partial charge in [0.15, 0.2) is 0 Å². The molecule has 2 aliphatic rings. The van der Waals surface area contributed by atoms with E-state index in [2.05, 4.69) is 12.2 Å². The zero-order valence-corrected chi connectivity index (χ0v) is 12.1. The minimum Gasteiger partial charge on any atom is -0.377 e. The van der Waals surface area contributed by atoms with Gasteiger partial charge in [-0.05, 0) is 38.5 Å². The van der Waals surface area contributed by atoms with Crippen LogP contribution in [0.4, 0.5) is 0 Å². The molecule has 0 aliphatic heterocycles. The summed E-state index contributed by atoms with van der Waals surface area (Å²) in [5, 5.41) is 3.68. The fourth-order valence-electron chi connectivity index (χ4n) is 3.35. The van der Waals surface area contributed by atoms with Crippen LogP contribution in [0, 0.1) is 5.92 Å². The maximum Gasteiger partial charge on any atom is 0.0671 e. The van der Waals surface area contributed by atoms with Gasteiger partial charge in [-0.3, -0.25) is 0 Å². The molecule has 2 fully saturated rings. The summed E-state index contributed by atoms with van der Waals surface area (Å²) >= 11 is 0. The third kappa shape index (κ3) is 5.27. The standard InChI is InChI=1S/C16H31NO/c1-14(12-17-16-10-6-3-7-11-16)18-13-15-8-4-2-5-9-15/h14-17H,2-13H2,1H3. The first-order chi connectivity index (χ1) is 8.84. The van der Waals surface area contributed by atoms with Gasteiger partial charge < -0.3 is 10.1 Å². The van der Waals surface area contributed by atoms with Gasteiger partial charge in [0.1, 0.15) is 0 Å². The van der Waals surface area contributed by atoms with Crippen molar-refractivity contribution in [2.45, 2.75) is 83.3 Å². The number of ether oxygens (including phenoxy) is 1. The molecule has 0 heterocycles. The van der Waals surface area contributed by atoms with Gasteiger partial charge >= 0.3 is 0 Å². The highest BCUT2D eigenvalue weighted by Crippen LogP contribution is 2.24. The van der Waals surface area contributed by atoms with Crippen LogP contribution in [0.2, 0.25) is 0 Å². The van der Waals surface area contributed by atoms with E-state index < -0.39 is 0 Å². The Morgan fingerprint density at radius 1 is 0.944 bits per heavy atom. The first-order valence-electron chi connectivity index (χ1n) is 8.19. The van der Waals surface area contributed by atoms with Crippen molar-refractivity contribution in [2.75, 3.05) is 13.2 Å². The second kappa shape index (κ2) is 8.16. The van der Waals surface area contributed by atoms with E-state index in [4.69, 9.17) is 4.74 Å². The molecule has 0 aromatic carbocycles. The lowest BCUT2D eigenvalue weighted by Crippen LogP contribution is -2.37. The van der Waals surface area contributed by atoms with Crippen molar-refractivity contribution >= 4 is 0 Å². The lowest BCUT2D eigenvalue weighted by atomic mass is 9.90. The van der Waals surface area contributed by atoms with Crippen LogP contribution in [0.15, 0.2) is 0 Å². The number of hydrogen-bond donors (Lipinski definition) is 1. The fraction of sp³-hybridized carbons (Fsp3) is 1.00. The summed E-state index contributed by atoms with van der Waals surface area (Å²) in [4.78, 5) is 0. The molecule has 1 atom stereocenters. The second-order valence-electron chi connectivity index (χ2n) is 6.39. The second-order valence-corrected chi connectivity index (χ2v) is 6.39.